The molecule has 3 heteroatoms. The van der Waals surface area contributed by atoms with Crippen molar-refractivity contribution in [1.82, 2.24) is 0 Å². The Balaban J connectivity index is 1.77. The second kappa shape index (κ2) is 6.24. The van der Waals surface area contributed by atoms with Gasteiger partial charge in [0, 0.05) is 16.8 Å². The second-order valence-electron chi connectivity index (χ2n) is 5.46. The second-order valence-corrected chi connectivity index (χ2v) is 5.46. The molecule has 0 aliphatic carbocycles. The van der Waals surface area contributed by atoms with Crippen LogP contribution in [0.3, 0.4) is 0 Å². The minimum absolute atomic E-state index is 0.274. The topological polar surface area (TPSA) is 21.7 Å². The molecule has 0 radical (unpaired) electrons. The number of hydrogen-bond donors (Lipinski definition) is 0. The Morgan fingerprint density at radius 2 is 0.913 bits per heavy atom. The van der Waals surface area contributed by atoms with Gasteiger partial charge in [-0.2, -0.15) is 0 Å². The Morgan fingerprint density at radius 3 is 1.35 bits per heavy atom. The fourth-order valence-electron chi connectivity index (χ4n) is 2.86. The van der Waals surface area contributed by atoms with E-state index >= 15 is 0 Å². The van der Waals surface area contributed by atoms with E-state index in [-0.39, 0.29) is 12.5 Å². The Hall–Kier alpha value is -2.62. The lowest BCUT2D eigenvalue weighted by molar-refractivity contribution is -0.300. The quantitative estimate of drug-likeness (QED) is 0.645. The van der Waals surface area contributed by atoms with E-state index in [1.807, 2.05) is 54.6 Å². The lowest BCUT2D eigenvalue weighted by Gasteiger charge is -2.27. The van der Waals surface area contributed by atoms with Crippen LogP contribution in [0.25, 0.3) is 0 Å². The van der Waals surface area contributed by atoms with Crippen molar-refractivity contribution in [3.63, 3.8) is 0 Å². The van der Waals surface area contributed by atoms with E-state index in [2.05, 4.69) is 41.3 Å². The van der Waals surface area contributed by atoms with Gasteiger partial charge in [0.25, 0.3) is 0 Å². The molecule has 1 saturated heterocycles. The summed E-state index contributed by atoms with van der Waals surface area (Å²) in [5, 5.41) is 0. The molecule has 2 unspecified atom stereocenters. The summed E-state index contributed by atoms with van der Waals surface area (Å²) in [5.74, 6) is 0. The van der Waals surface area contributed by atoms with E-state index in [1.54, 1.807) is 0 Å². The molecule has 0 saturated carbocycles. The first-order valence-corrected chi connectivity index (χ1v) is 7.69. The van der Waals surface area contributed by atoms with Gasteiger partial charge in [-0.3, -0.25) is 0 Å². The van der Waals surface area contributed by atoms with Crippen LogP contribution in [0.1, 0.15) is 23.6 Å². The molecule has 0 N–H and O–H groups in total. The van der Waals surface area contributed by atoms with Crippen LogP contribution >= 0.6 is 0 Å². The molecule has 0 amide bonds. The van der Waals surface area contributed by atoms with Gasteiger partial charge in [-0.25, -0.2) is 9.78 Å². The number of hydrogen-bond acceptors (Lipinski definition) is 3. The van der Waals surface area contributed by atoms with Crippen LogP contribution in [-0.2, 0) is 9.78 Å². The molecular weight excluding hydrogens is 286 g/mol. The van der Waals surface area contributed by atoms with Crippen molar-refractivity contribution in [1.29, 1.82) is 0 Å². The molecular formula is C20H17NO2. The largest absolute Gasteiger partial charge is 0.307 e. The van der Waals surface area contributed by atoms with Crippen molar-refractivity contribution >= 4 is 5.69 Å². The summed E-state index contributed by atoms with van der Waals surface area (Å²) in [6, 6.07) is 30.5. The average Bonchev–Trinajstić information content (AvgIpc) is 3.09. The molecule has 1 fully saturated rings. The summed E-state index contributed by atoms with van der Waals surface area (Å²) in [7, 11) is 0. The van der Waals surface area contributed by atoms with E-state index in [0.29, 0.717) is 0 Å². The third-order valence-corrected chi connectivity index (χ3v) is 3.97. The minimum Gasteiger partial charge on any atom is -0.307 e. The minimum atomic E-state index is -0.274. The number of rotatable bonds is 3. The fraction of sp³-hybridized carbons (Fsp3) is 0.100. The van der Waals surface area contributed by atoms with Crippen molar-refractivity contribution in [3.05, 3.63) is 102 Å². The molecule has 23 heavy (non-hydrogen) atoms. The maximum absolute atomic E-state index is 5.70. The van der Waals surface area contributed by atoms with E-state index in [0.717, 1.165) is 16.8 Å². The Bertz CT molecular complexity index is 699. The van der Waals surface area contributed by atoms with Crippen molar-refractivity contribution in [2.75, 3.05) is 4.90 Å². The van der Waals surface area contributed by atoms with Gasteiger partial charge in [-0.1, -0.05) is 78.9 Å². The highest BCUT2D eigenvalue weighted by molar-refractivity contribution is 5.50. The van der Waals surface area contributed by atoms with Gasteiger partial charge in [-0.15, -0.1) is 0 Å². The SMILES string of the molecule is c1ccc(C2OOC(c3ccccc3)N2c2ccccc2)cc1. The summed E-state index contributed by atoms with van der Waals surface area (Å²) in [6.45, 7) is 0. The van der Waals surface area contributed by atoms with Gasteiger partial charge < -0.3 is 4.90 Å². The molecule has 4 rings (SSSR count). The molecule has 0 spiro atoms. The van der Waals surface area contributed by atoms with Crippen LogP contribution in [-0.4, -0.2) is 0 Å². The smallest absolute Gasteiger partial charge is 0.193 e. The summed E-state index contributed by atoms with van der Waals surface area (Å²) in [4.78, 5) is 13.6. The Morgan fingerprint density at radius 1 is 0.522 bits per heavy atom. The maximum atomic E-state index is 5.70. The molecule has 0 aromatic heterocycles. The molecule has 3 aromatic rings. The highest BCUT2D eigenvalue weighted by atomic mass is 17.2. The number of nitrogens with zero attached hydrogens (tertiary/aromatic N) is 1. The van der Waals surface area contributed by atoms with Crippen LogP contribution in [0, 0.1) is 0 Å². The predicted octanol–water partition coefficient (Wildman–Crippen LogP) is 4.85. The zero-order valence-corrected chi connectivity index (χ0v) is 12.6. The van der Waals surface area contributed by atoms with Crippen molar-refractivity contribution in [2.45, 2.75) is 12.5 Å². The van der Waals surface area contributed by atoms with Crippen molar-refractivity contribution < 1.29 is 9.78 Å². The summed E-state index contributed by atoms with van der Waals surface area (Å²) in [5.41, 5.74) is 3.19. The number of anilines is 1. The Kier molecular flexibility index (Phi) is 3.80. The van der Waals surface area contributed by atoms with Crippen LogP contribution in [0.15, 0.2) is 91.0 Å². The standard InChI is InChI=1S/C20H17NO2/c1-4-10-16(11-5-1)19-21(18-14-8-3-9-15-18)20(23-22-19)17-12-6-2-7-13-17/h1-15,19-20H. The molecule has 1 aliphatic rings. The summed E-state index contributed by atoms with van der Waals surface area (Å²) < 4.78 is 0. The van der Waals surface area contributed by atoms with Crippen molar-refractivity contribution in [3.8, 4) is 0 Å². The average molecular weight is 303 g/mol. The van der Waals surface area contributed by atoms with E-state index in [4.69, 9.17) is 9.78 Å². The molecule has 114 valence electrons. The predicted molar refractivity (Wildman–Crippen MR) is 89.5 cm³/mol. The fourth-order valence-corrected chi connectivity index (χ4v) is 2.86. The van der Waals surface area contributed by atoms with E-state index < -0.39 is 0 Å². The monoisotopic (exact) mass is 303 g/mol. The van der Waals surface area contributed by atoms with E-state index in [1.165, 1.54) is 0 Å². The third kappa shape index (κ3) is 2.72. The van der Waals surface area contributed by atoms with Crippen LogP contribution < -0.4 is 4.90 Å². The lowest BCUT2D eigenvalue weighted by atomic mass is 10.1. The zero-order valence-electron chi connectivity index (χ0n) is 12.6. The number of para-hydroxylation sites is 1. The summed E-state index contributed by atoms with van der Waals surface area (Å²) >= 11 is 0. The van der Waals surface area contributed by atoms with Crippen LogP contribution in [0.5, 0.6) is 0 Å². The van der Waals surface area contributed by atoms with Gasteiger partial charge >= 0.3 is 0 Å². The van der Waals surface area contributed by atoms with Gasteiger partial charge in [-0.05, 0) is 12.1 Å². The van der Waals surface area contributed by atoms with E-state index in [9.17, 15) is 0 Å². The van der Waals surface area contributed by atoms with Crippen LogP contribution in [0.4, 0.5) is 5.69 Å². The molecule has 1 heterocycles. The summed E-state index contributed by atoms with van der Waals surface area (Å²) in [6.07, 6.45) is -0.549. The molecule has 0 bridgehead atoms. The highest BCUT2D eigenvalue weighted by Gasteiger charge is 2.38. The molecule has 1 aliphatic heterocycles. The first-order valence-electron chi connectivity index (χ1n) is 7.69. The maximum Gasteiger partial charge on any atom is 0.193 e. The normalized spacial score (nSPS) is 20.6. The van der Waals surface area contributed by atoms with Crippen LogP contribution in [0.2, 0.25) is 0 Å². The van der Waals surface area contributed by atoms with Crippen molar-refractivity contribution in [2.24, 2.45) is 0 Å². The van der Waals surface area contributed by atoms with Gasteiger partial charge in [0.15, 0.2) is 12.5 Å². The highest BCUT2D eigenvalue weighted by Crippen LogP contribution is 2.42. The van der Waals surface area contributed by atoms with Gasteiger partial charge in [0.1, 0.15) is 0 Å². The number of benzene rings is 3. The van der Waals surface area contributed by atoms with Gasteiger partial charge in [0.05, 0.1) is 0 Å². The third-order valence-electron chi connectivity index (χ3n) is 3.97. The molecule has 3 aromatic carbocycles. The Labute approximate surface area is 135 Å². The molecule has 2 atom stereocenters. The zero-order chi connectivity index (χ0) is 15.5. The first-order chi connectivity index (χ1) is 11.4. The lowest BCUT2D eigenvalue weighted by Crippen LogP contribution is -2.26. The molecule has 3 nitrogen and oxygen atoms in total. The van der Waals surface area contributed by atoms with Gasteiger partial charge in [0.2, 0.25) is 0 Å². The first kappa shape index (κ1) is 14.0.